The number of ether oxygens (including phenoxy) is 1. The van der Waals surface area contributed by atoms with E-state index in [-0.39, 0.29) is 11.9 Å². The number of carbonyl (C=O) groups is 1. The predicted octanol–water partition coefficient (Wildman–Crippen LogP) is 2.19. The second-order valence-electron chi connectivity index (χ2n) is 6.52. The maximum atomic E-state index is 12.9. The topological polar surface area (TPSA) is 71.7 Å². The Bertz CT molecular complexity index is 737. The van der Waals surface area contributed by atoms with Crippen molar-refractivity contribution < 1.29 is 14.1 Å². The minimum absolute atomic E-state index is 0.00387. The van der Waals surface area contributed by atoms with Crippen molar-refractivity contribution >= 4 is 11.7 Å². The Labute approximate surface area is 146 Å². The molecule has 7 heteroatoms. The molecule has 0 spiro atoms. The van der Waals surface area contributed by atoms with Gasteiger partial charge in [0.1, 0.15) is 17.3 Å². The van der Waals surface area contributed by atoms with Crippen LogP contribution in [0.25, 0.3) is 0 Å². The fraction of sp³-hybridized carbons (Fsp3) is 0.500. The van der Waals surface area contributed by atoms with Crippen LogP contribution in [0.2, 0.25) is 0 Å². The van der Waals surface area contributed by atoms with Crippen molar-refractivity contribution in [2.45, 2.75) is 25.8 Å². The molecule has 0 radical (unpaired) electrons. The van der Waals surface area contributed by atoms with Crippen LogP contribution >= 0.6 is 0 Å². The summed E-state index contributed by atoms with van der Waals surface area (Å²) in [6.45, 7) is 5.70. The highest BCUT2D eigenvalue weighted by Crippen LogP contribution is 2.32. The van der Waals surface area contributed by atoms with Gasteiger partial charge in [-0.3, -0.25) is 4.79 Å². The van der Waals surface area contributed by atoms with Crippen molar-refractivity contribution in [2.75, 3.05) is 37.7 Å². The van der Waals surface area contributed by atoms with E-state index in [1.54, 1.807) is 6.20 Å². The largest absolute Gasteiger partial charge is 0.378 e. The Morgan fingerprint density at radius 1 is 1.24 bits per heavy atom. The lowest BCUT2D eigenvalue weighted by atomic mass is 10.1. The molecule has 1 atom stereocenters. The number of hydrogen-bond acceptors (Lipinski definition) is 6. The molecule has 4 heterocycles. The molecule has 2 aromatic rings. The SMILES string of the molecule is Cc1cc([C@H]2CCCN2C(=O)c2ccc(N3CCOCC3)nc2)no1. The number of likely N-dealkylation sites (tertiary alicyclic amines) is 1. The van der Waals surface area contributed by atoms with Crippen LogP contribution in [0.4, 0.5) is 5.82 Å². The number of nitrogens with zero attached hydrogens (tertiary/aromatic N) is 4. The molecule has 0 N–H and O–H groups in total. The summed E-state index contributed by atoms with van der Waals surface area (Å²) in [5.41, 5.74) is 1.45. The average Bonchev–Trinajstić information content (AvgIpc) is 3.31. The molecule has 0 aromatic carbocycles. The first-order valence-corrected chi connectivity index (χ1v) is 8.75. The minimum atomic E-state index is -0.0103. The first kappa shape index (κ1) is 16.1. The van der Waals surface area contributed by atoms with Gasteiger partial charge in [-0.05, 0) is 31.9 Å². The number of hydrogen-bond donors (Lipinski definition) is 0. The monoisotopic (exact) mass is 342 g/mol. The van der Waals surface area contributed by atoms with E-state index in [0.717, 1.165) is 63.0 Å². The summed E-state index contributed by atoms with van der Waals surface area (Å²) in [6.07, 6.45) is 3.56. The molecule has 2 aliphatic rings. The molecule has 2 fully saturated rings. The van der Waals surface area contributed by atoms with E-state index in [2.05, 4.69) is 15.0 Å². The maximum Gasteiger partial charge on any atom is 0.255 e. The number of anilines is 1. The van der Waals surface area contributed by atoms with Crippen LogP contribution in [0.15, 0.2) is 28.9 Å². The molecule has 0 bridgehead atoms. The summed E-state index contributed by atoms with van der Waals surface area (Å²) in [4.78, 5) is 21.5. The number of amides is 1. The van der Waals surface area contributed by atoms with Gasteiger partial charge in [0, 0.05) is 31.9 Å². The van der Waals surface area contributed by atoms with E-state index in [1.165, 1.54) is 0 Å². The highest BCUT2D eigenvalue weighted by molar-refractivity contribution is 5.94. The Morgan fingerprint density at radius 3 is 2.76 bits per heavy atom. The first-order chi connectivity index (χ1) is 12.2. The van der Waals surface area contributed by atoms with Crippen LogP contribution in [0.3, 0.4) is 0 Å². The van der Waals surface area contributed by atoms with E-state index in [0.29, 0.717) is 5.56 Å². The van der Waals surface area contributed by atoms with Crippen LogP contribution in [0.1, 0.15) is 40.7 Å². The summed E-state index contributed by atoms with van der Waals surface area (Å²) < 4.78 is 10.5. The van der Waals surface area contributed by atoms with Crippen LogP contribution in [0.5, 0.6) is 0 Å². The molecule has 0 saturated carbocycles. The zero-order valence-corrected chi connectivity index (χ0v) is 14.4. The van der Waals surface area contributed by atoms with Crippen molar-refractivity contribution in [1.82, 2.24) is 15.0 Å². The normalized spacial score (nSPS) is 20.9. The molecule has 1 amide bonds. The Hall–Kier alpha value is -2.41. The van der Waals surface area contributed by atoms with Crippen molar-refractivity contribution in [1.29, 1.82) is 0 Å². The lowest BCUT2D eigenvalue weighted by molar-refractivity contribution is 0.0730. The van der Waals surface area contributed by atoms with Gasteiger partial charge in [0.05, 0.1) is 24.8 Å². The minimum Gasteiger partial charge on any atom is -0.378 e. The molecule has 0 aliphatic carbocycles. The van der Waals surface area contributed by atoms with E-state index in [1.807, 2.05) is 30.0 Å². The van der Waals surface area contributed by atoms with Gasteiger partial charge in [0.25, 0.3) is 5.91 Å². The van der Waals surface area contributed by atoms with Gasteiger partial charge in [-0.1, -0.05) is 5.16 Å². The Kier molecular flexibility index (Phi) is 4.40. The zero-order valence-electron chi connectivity index (χ0n) is 14.4. The van der Waals surface area contributed by atoms with Gasteiger partial charge in [0.2, 0.25) is 0 Å². The van der Waals surface area contributed by atoms with Crippen molar-refractivity contribution in [3.8, 4) is 0 Å². The van der Waals surface area contributed by atoms with Gasteiger partial charge in [-0.25, -0.2) is 4.98 Å². The van der Waals surface area contributed by atoms with Crippen LogP contribution in [-0.4, -0.2) is 53.8 Å². The van der Waals surface area contributed by atoms with Crippen molar-refractivity contribution in [3.05, 3.63) is 41.4 Å². The molecule has 2 saturated heterocycles. The third-order valence-corrected chi connectivity index (χ3v) is 4.83. The summed E-state index contributed by atoms with van der Waals surface area (Å²) in [7, 11) is 0. The third-order valence-electron chi connectivity index (χ3n) is 4.83. The second-order valence-corrected chi connectivity index (χ2v) is 6.52. The van der Waals surface area contributed by atoms with Crippen LogP contribution in [-0.2, 0) is 4.74 Å². The molecule has 7 nitrogen and oxygen atoms in total. The van der Waals surface area contributed by atoms with Crippen LogP contribution < -0.4 is 4.90 Å². The molecule has 2 aromatic heterocycles. The van der Waals surface area contributed by atoms with Gasteiger partial charge in [-0.2, -0.15) is 0 Å². The smallest absolute Gasteiger partial charge is 0.255 e. The summed E-state index contributed by atoms with van der Waals surface area (Å²) in [5.74, 6) is 1.67. The summed E-state index contributed by atoms with van der Waals surface area (Å²) in [6, 6.07) is 5.69. The lowest BCUT2D eigenvalue weighted by Gasteiger charge is -2.28. The molecule has 4 rings (SSSR count). The second kappa shape index (κ2) is 6.84. The Balaban J connectivity index is 1.50. The number of pyridine rings is 1. The fourth-order valence-corrected chi connectivity index (χ4v) is 3.52. The van der Waals surface area contributed by atoms with Crippen molar-refractivity contribution in [2.24, 2.45) is 0 Å². The van der Waals surface area contributed by atoms with Gasteiger partial charge >= 0.3 is 0 Å². The standard InChI is InChI=1S/C18H22N4O3/c1-13-11-15(20-25-13)16-3-2-6-22(16)18(23)14-4-5-17(19-12-14)21-7-9-24-10-8-21/h4-5,11-12,16H,2-3,6-10H2,1H3/t16-/m1/s1. The molecule has 25 heavy (non-hydrogen) atoms. The highest BCUT2D eigenvalue weighted by atomic mass is 16.5. The number of morpholine rings is 1. The van der Waals surface area contributed by atoms with E-state index < -0.39 is 0 Å². The van der Waals surface area contributed by atoms with E-state index in [9.17, 15) is 4.79 Å². The van der Waals surface area contributed by atoms with Gasteiger partial charge < -0.3 is 19.1 Å². The summed E-state index contributed by atoms with van der Waals surface area (Å²) in [5, 5.41) is 4.10. The average molecular weight is 342 g/mol. The first-order valence-electron chi connectivity index (χ1n) is 8.75. The van der Waals surface area contributed by atoms with Crippen LogP contribution in [0, 0.1) is 6.92 Å². The highest BCUT2D eigenvalue weighted by Gasteiger charge is 2.32. The van der Waals surface area contributed by atoms with Crippen molar-refractivity contribution in [3.63, 3.8) is 0 Å². The maximum absolute atomic E-state index is 12.9. The lowest BCUT2D eigenvalue weighted by Crippen LogP contribution is -2.36. The Morgan fingerprint density at radius 2 is 2.08 bits per heavy atom. The number of aryl methyl sites for hydroxylation is 1. The van der Waals surface area contributed by atoms with Gasteiger partial charge in [0.15, 0.2) is 0 Å². The third kappa shape index (κ3) is 3.24. The summed E-state index contributed by atoms with van der Waals surface area (Å²) >= 11 is 0. The number of aromatic nitrogens is 2. The molecule has 2 aliphatic heterocycles. The zero-order chi connectivity index (χ0) is 17.2. The number of carbonyl (C=O) groups excluding carboxylic acids is 1. The molecule has 0 unspecified atom stereocenters. The quantitative estimate of drug-likeness (QED) is 0.851. The predicted molar refractivity (Wildman–Crippen MR) is 91.5 cm³/mol. The molecular formula is C18H22N4O3. The molecule has 132 valence electrons. The molecular weight excluding hydrogens is 320 g/mol. The van der Waals surface area contributed by atoms with E-state index in [4.69, 9.17) is 9.26 Å². The van der Waals surface area contributed by atoms with Gasteiger partial charge in [-0.15, -0.1) is 0 Å². The fourth-order valence-electron chi connectivity index (χ4n) is 3.52. The van der Waals surface area contributed by atoms with E-state index >= 15 is 0 Å². The number of rotatable bonds is 3.